The van der Waals surface area contributed by atoms with Crippen molar-refractivity contribution >= 4 is 29.4 Å². The second-order valence-electron chi connectivity index (χ2n) is 8.99. The third kappa shape index (κ3) is 5.19. The Hall–Kier alpha value is -4.90. The van der Waals surface area contributed by atoms with Crippen LogP contribution in [0.2, 0.25) is 0 Å². The van der Waals surface area contributed by atoms with Gasteiger partial charge in [-0.2, -0.15) is 0 Å². The molecule has 0 amide bonds. The number of carboxylic acids is 1. The van der Waals surface area contributed by atoms with E-state index in [2.05, 4.69) is 4.99 Å². The van der Waals surface area contributed by atoms with Crippen LogP contribution in [-0.2, 0) is 9.53 Å². The van der Waals surface area contributed by atoms with Gasteiger partial charge >= 0.3 is 11.9 Å². The lowest BCUT2D eigenvalue weighted by atomic mass is 9.95. The smallest absolute Gasteiger partial charge is 0.338 e. The number of fused-ring (bicyclic) bond motifs is 1. The van der Waals surface area contributed by atoms with Crippen molar-refractivity contribution < 1.29 is 33.3 Å². The summed E-state index contributed by atoms with van der Waals surface area (Å²) in [4.78, 5) is 43.2. The van der Waals surface area contributed by atoms with Crippen LogP contribution in [0.15, 0.2) is 80.1 Å². The number of hydrogen-bond acceptors (Lipinski definition) is 9. The zero-order valence-corrected chi connectivity index (χ0v) is 23.5. The number of carbonyl (C=O) groups is 2. The van der Waals surface area contributed by atoms with E-state index in [4.69, 9.17) is 23.7 Å². The van der Waals surface area contributed by atoms with Gasteiger partial charge in [0, 0.05) is 17.2 Å². The molecule has 41 heavy (non-hydrogen) atoms. The minimum absolute atomic E-state index is 0.155. The van der Waals surface area contributed by atoms with Crippen molar-refractivity contribution in [2.75, 3.05) is 20.8 Å². The highest BCUT2D eigenvalue weighted by molar-refractivity contribution is 7.07. The van der Waals surface area contributed by atoms with Crippen LogP contribution < -0.4 is 24.4 Å². The van der Waals surface area contributed by atoms with E-state index in [0.29, 0.717) is 49.2 Å². The number of esters is 1. The largest absolute Gasteiger partial charge is 0.497 e. The molecule has 0 bridgehead atoms. The molecule has 1 N–H and O–H groups in total. The van der Waals surface area contributed by atoms with Gasteiger partial charge in [-0.1, -0.05) is 23.5 Å². The molecule has 1 aliphatic heterocycles. The molecule has 4 aromatic rings. The summed E-state index contributed by atoms with van der Waals surface area (Å²) in [6.45, 7) is 3.57. The predicted octanol–water partition coefficient (Wildman–Crippen LogP) is 3.77. The Morgan fingerprint density at radius 1 is 1.10 bits per heavy atom. The zero-order valence-electron chi connectivity index (χ0n) is 22.7. The van der Waals surface area contributed by atoms with Gasteiger partial charge in [-0.25, -0.2) is 14.6 Å². The molecule has 0 radical (unpaired) electrons. The van der Waals surface area contributed by atoms with Gasteiger partial charge in [0.05, 0.1) is 42.2 Å². The number of benzene rings is 2. The summed E-state index contributed by atoms with van der Waals surface area (Å²) in [5.41, 5.74) is 1.68. The average Bonchev–Trinajstić information content (AvgIpc) is 3.56. The first-order chi connectivity index (χ1) is 19.7. The number of carbonyl (C=O) groups excluding carboxylic acids is 1. The highest BCUT2D eigenvalue weighted by Crippen LogP contribution is 2.37. The molecule has 1 atom stereocenters. The molecule has 0 spiro atoms. The average molecular weight is 575 g/mol. The van der Waals surface area contributed by atoms with E-state index in [1.54, 1.807) is 62.4 Å². The number of aromatic nitrogens is 1. The minimum atomic E-state index is -1.02. The van der Waals surface area contributed by atoms with Crippen LogP contribution in [0.25, 0.3) is 17.4 Å². The Bertz CT molecular complexity index is 1860. The maximum absolute atomic E-state index is 13.9. The number of hydrogen-bond donors (Lipinski definition) is 1. The van der Waals surface area contributed by atoms with Gasteiger partial charge in [-0.05, 0) is 56.3 Å². The van der Waals surface area contributed by atoms with E-state index in [0.717, 1.165) is 11.3 Å². The van der Waals surface area contributed by atoms with E-state index in [1.807, 2.05) is 0 Å². The van der Waals surface area contributed by atoms with Crippen LogP contribution >= 0.6 is 11.3 Å². The topological polar surface area (TPSA) is 130 Å². The standard InChI is InChI=1S/C30H26N2O8S/c1-5-39-29(36)25-16(2)31-30-32(26(25)21-14-19(37-3)10-13-23(21)38-4)27(33)24(41-30)15-20-11-12-22(40-20)17-6-8-18(9-7-17)28(34)35/h6-15,26H,5H2,1-4H3,(H,34,35). The van der Waals surface area contributed by atoms with Crippen LogP contribution in [0.3, 0.4) is 0 Å². The van der Waals surface area contributed by atoms with Gasteiger partial charge in [-0.15, -0.1) is 0 Å². The first-order valence-electron chi connectivity index (χ1n) is 12.6. The fraction of sp³-hybridized carbons (Fsp3) is 0.200. The molecule has 0 fully saturated rings. The molecule has 210 valence electrons. The quantitative estimate of drug-likeness (QED) is 0.315. The summed E-state index contributed by atoms with van der Waals surface area (Å²) in [6, 6.07) is 14.1. The summed E-state index contributed by atoms with van der Waals surface area (Å²) < 4.78 is 24.2. The van der Waals surface area contributed by atoms with E-state index >= 15 is 0 Å². The van der Waals surface area contributed by atoms with Crippen molar-refractivity contribution in [3.05, 3.63) is 102 Å². The Kier molecular flexibility index (Phi) is 7.62. The summed E-state index contributed by atoms with van der Waals surface area (Å²) in [6.07, 6.45) is 1.61. The lowest BCUT2D eigenvalue weighted by molar-refractivity contribution is -0.139. The van der Waals surface area contributed by atoms with Crippen molar-refractivity contribution in [2.24, 2.45) is 4.99 Å². The van der Waals surface area contributed by atoms with Crippen LogP contribution in [0, 0.1) is 0 Å². The molecule has 1 unspecified atom stereocenters. The molecule has 2 aromatic heterocycles. The van der Waals surface area contributed by atoms with Gasteiger partial charge in [0.2, 0.25) is 0 Å². The van der Waals surface area contributed by atoms with Crippen molar-refractivity contribution in [2.45, 2.75) is 19.9 Å². The molecule has 0 saturated carbocycles. The number of methoxy groups -OCH3 is 2. The van der Waals surface area contributed by atoms with Crippen molar-refractivity contribution in [1.82, 2.24) is 4.57 Å². The Labute approximate surface area is 238 Å². The van der Waals surface area contributed by atoms with Crippen LogP contribution in [0.5, 0.6) is 11.5 Å². The van der Waals surface area contributed by atoms with Crippen molar-refractivity contribution in [1.29, 1.82) is 0 Å². The van der Waals surface area contributed by atoms with Crippen molar-refractivity contribution in [3.63, 3.8) is 0 Å². The number of allylic oxidation sites excluding steroid dienone is 1. The normalized spacial score (nSPS) is 14.8. The van der Waals surface area contributed by atoms with Gasteiger partial charge < -0.3 is 23.7 Å². The molecular weight excluding hydrogens is 548 g/mol. The summed E-state index contributed by atoms with van der Waals surface area (Å²) in [5.74, 6) is 0.331. The second-order valence-corrected chi connectivity index (χ2v) is 10.0. The van der Waals surface area contributed by atoms with E-state index in [9.17, 15) is 14.4 Å². The van der Waals surface area contributed by atoms with Crippen molar-refractivity contribution in [3.8, 4) is 22.8 Å². The third-order valence-electron chi connectivity index (χ3n) is 6.56. The Balaban J connectivity index is 1.64. The van der Waals surface area contributed by atoms with Crippen LogP contribution in [-0.4, -0.2) is 42.4 Å². The lowest BCUT2D eigenvalue weighted by Gasteiger charge is -2.26. The fourth-order valence-electron chi connectivity index (χ4n) is 4.63. The monoisotopic (exact) mass is 574 g/mol. The lowest BCUT2D eigenvalue weighted by Crippen LogP contribution is -2.40. The van der Waals surface area contributed by atoms with Gasteiger partial charge in [0.15, 0.2) is 4.80 Å². The summed E-state index contributed by atoms with van der Waals surface area (Å²) >= 11 is 1.16. The molecule has 5 rings (SSSR count). The van der Waals surface area contributed by atoms with E-state index < -0.39 is 18.0 Å². The zero-order chi connectivity index (χ0) is 29.3. The van der Waals surface area contributed by atoms with Crippen LogP contribution in [0.4, 0.5) is 0 Å². The van der Waals surface area contributed by atoms with E-state index in [-0.39, 0.29) is 23.3 Å². The molecule has 1 aliphatic rings. The predicted molar refractivity (Wildman–Crippen MR) is 151 cm³/mol. The van der Waals surface area contributed by atoms with Gasteiger partial charge in [0.25, 0.3) is 5.56 Å². The molecule has 0 saturated heterocycles. The molecule has 10 nitrogen and oxygen atoms in total. The number of rotatable bonds is 8. The maximum Gasteiger partial charge on any atom is 0.338 e. The number of thiazole rings is 1. The van der Waals surface area contributed by atoms with Crippen LogP contribution in [0.1, 0.15) is 41.6 Å². The van der Waals surface area contributed by atoms with E-state index in [1.165, 1.54) is 30.9 Å². The molecular formula is C30H26N2O8S. The van der Waals surface area contributed by atoms with Gasteiger partial charge in [-0.3, -0.25) is 9.36 Å². The molecule has 11 heteroatoms. The Morgan fingerprint density at radius 3 is 2.51 bits per heavy atom. The number of furan rings is 1. The Morgan fingerprint density at radius 2 is 1.85 bits per heavy atom. The third-order valence-corrected chi connectivity index (χ3v) is 7.55. The highest BCUT2D eigenvalue weighted by atomic mass is 32.1. The SMILES string of the molecule is CCOC(=O)C1=C(C)N=c2sc(=Cc3ccc(-c4ccc(C(=O)O)cc4)o3)c(=O)n2C1c1cc(OC)ccc1OC. The number of nitrogens with zero attached hydrogens (tertiary/aromatic N) is 2. The summed E-state index contributed by atoms with van der Waals surface area (Å²) in [5, 5.41) is 9.14. The number of aromatic carboxylic acids is 1. The second kappa shape index (κ2) is 11.3. The highest BCUT2D eigenvalue weighted by Gasteiger charge is 2.35. The number of carboxylic acid groups (broad SMARTS) is 1. The summed E-state index contributed by atoms with van der Waals surface area (Å²) in [7, 11) is 3.04. The van der Waals surface area contributed by atoms with Gasteiger partial charge in [0.1, 0.15) is 29.1 Å². The molecule has 0 aliphatic carbocycles. The fourth-order valence-corrected chi connectivity index (χ4v) is 5.66. The minimum Gasteiger partial charge on any atom is -0.497 e. The maximum atomic E-state index is 13.9. The first kappa shape index (κ1) is 27.7. The number of ether oxygens (including phenoxy) is 3. The first-order valence-corrected chi connectivity index (χ1v) is 13.4. The molecule has 2 aromatic carbocycles. The molecule has 3 heterocycles.